The molecule has 3 rings (SSSR count). The number of carbonyl (C=O) groups excluding carboxylic acids is 2. The predicted octanol–water partition coefficient (Wildman–Crippen LogP) is 2.95. The molecule has 1 saturated carbocycles. The van der Waals surface area contributed by atoms with Crippen molar-refractivity contribution < 1.29 is 9.59 Å². The Bertz CT molecular complexity index is 604. The highest BCUT2D eigenvalue weighted by Gasteiger charge is 2.37. The van der Waals surface area contributed by atoms with Crippen molar-refractivity contribution in [3.8, 4) is 0 Å². The Morgan fingerprint density at radius 1 is 1.32 bits per heavy atom. The number of hydrogen-bond donors (Lipinski definition) is 1. The highest BCUT2D eigenvalue weighted by atomic mass is 35.5. The molecule has 1 aromatic carbocycles. The van der Waals surface area contributed by atoms with Crippen molar-refractivity contribution in [2.75, 3.05) is 12.8 Å². The van der Waals surface area contributed by atoms with Gasteiger partial charge >= 0.3 is 0 Å². The molecule has 1 heterocycles. The molecule has 0 spiro atoms. The maximum atomic E-state index is 12.8. The molecule has 4 nitrogen and oxygen atoms in total. The largest absolute Gasteiger partial charge is 0.352 e. The van der Waals surface area contributed by atoms with E-state index in [1.54, 1.807) is 22.7 Å². The van der Waals surface area contributed by atoms with Crippen LogP contribution >= 0.6 is 23.4 Å². The van der Waals surface area contributed by atoms with Gasteiger partial charge in [0.1, 0.15) is 6.04 Å². The van der Waals surface area contributed by atoms with Crippen LogP contribution in [0.1, 0.15) is 36.0 Å². The Morgan fingerprint density at radius 3 is 2.77 bits per heavy atom. The summed E-state index contributed by atoms with van der Waals surface area (Å²) in [6, 6.07) is 5.40. The number of rotatable bonds is 4. The molecule has 2 fully saturated rings. The Kier molecular flexibility index (Phi) is 4.64. The molecule has 1 aromatic rings. The molecule has 2 amide bonds. The van der Waals surface area contributed by atoms with Crippen LogP contribution in [0.4, 0.5) is 0 Å². The van der Waals surface area contributed by atoms with E-state index in [9.17, 15) is 9.59 Å². The number of carbonyl (C=O) groups is 2. The Morgan fingerprint density at radius 2 is 2.09 bits per heavy atom. The average molecular weight is 339 g/mol. The second-order valence-electron chi connectivity index (χ2n) is 5.79. The molecule has 1 unspecified atom stereocenters. The van der Waals surface area contributed by atoms with Crippen molar-refractivity contribution in [3.05, 3.63) is 28.8 Å². The van der Waals surface area contributed by atoms with E-state index in [0.29, 0.717) is 23.2 Å². The van der Waals surface area contributed by atoms with Gasteiger partial charge in [0.25, 0.3) is 5.91 Å². The summed E-state index contributed by atoms with van der Waals surface area (Å²) in [6.07, 6.45) is 5.64. The lowest BCUT2D eigenvalue weighted by Gasteiger charge is -2.24. The number of thioether (sulfide) groups is 1. The Labute approximate surface area is 139 Å². The molecule has 0 radical (unpaired) electrons. The summed E-state index contributed by atoms with van der Waals surface area (Å²) >= 11 is 7.76. The second kappa shape index (κ2) is 6.50. The van der Waals surface area contributed by atoms with Crippen molar-refractivity contribution in [1.29, 1.82) is 0 Å². The molecule has 2 aliphatic rings. The Balaban J connectivity index is 1.79. The fraction of sp³-hybridized carbons (Fsp3) is 0.500. The molecule has 0 aromatic heterocycles. The van der Waals surface area contributed by atoms with E-state index in [4.69, 9.17) is 11.6 Å². The average Bonchev–Trinajstić information content (AvgIpc) is 3.19. The first-order chi connectivity index (χ1) is 10.6. The van der Waals surface area contributed by atoms with E-state index in [2.05, 4.69) is 5.32 Å². The minimum Gasteiger partial charge on any atom is -0.352 e. The topological polar surface area (TPSA) is 49.4 Å². The zero-order valence-corrected chi connectivity index (χ0v) is 14.0. The van der Waals surface area contributed by atoms with E-state index in [-0.39, 0.29) is 17.9 Å². The van der Waals surface area contributed by atoms with Gasteiger partial charge in [0, 0.05) is 17.5 Å². The summed E-state index contributed by atoms with van der Waals surface area (Å²) in [5.74, 6) is -0.167. The van der Waals surface area contributed by atoms with Crippen LogP contribution in [0.3, 0.4) is 0 Å². The van der Waals surface area contributed by atoms with Gasteiger partial charge in [-0.05, 0) is 50.1 Å². The molecule has 0 bridgehead atoms. The van der Waals surface area contributed by atoms with Crippen LogP contribution in [0.2, 0.25) is 5.02 Å². The molecule has 22 heavy (non-hydrogen) atoms. The van der Waals surface area contributed by atoms with Gasteiger partial charge in [-0.15, -0.1) is 11.8 Å². The smallest absolute Gasteiger partial charge is 0.256 e. The van der Waals surface area contributed by atoms with E-state index >= 15 is 0 Å². The van der Waals surface area contributed by atoms with Gasteiger partial charge < -0.3 is 10.2 Å². The van der Waals surface area contributed by atoms with E-state index in [1.165, 1.54) is 0 Å². The maximum absolute atomic E-state index is 12.8. The molecule has 1 saturated heterocycles. The van der Waals surface area contributed by atoms with Crippen LogP contribution < -0.4 is 5.32 Å². The SMILES string of the molecule is CSc1ccc(Cl)c(C(=O)N2CCCC2C(=O)NC2CC2)c1. The van der Waals surface area contributed by atoms with Crippen molar-refractivity contribution >= 4 is 35.2 Å². The fourth-order valence-corrected chi connectivity index (χ4v) is 3.40. The Hall–Kier alpha value is -1.20. The zero-order chi connectivity index (χ0) is 15.7. The molecular formula is C16H19ClN2O2S. The van der Waals surface area contributed by atoms with Crippen molar-refractivity contribution in [3.63, 3.8) is 0 Å². The van der Waals surface area contributed by atoms with Crippen molar-refractivity contribution in [2.24, 2.45) is 0 Å². The van der Waals surface area contributed by atoms with Gasteiger partial charge in [0.05, 0.1) is 10.6 Å². The maximum Gasteiger partial charge on any atom is 0.256 e. The zero-order valence-electron chi connectivity index (χ0n) is 12.5. The first-order valence-corrected chi connectivity index (χ1v) is 9.15. The summed E-state index contributed by atoms with van der Waals surface area (Å²) in [6.45, 7) is 0.613. The molecule has 6 heteroatoms. The van der Waals surface area contributed by atoms with Gasteiger partial charge in [-0.1, -0.05) is 11.6 Å². The van der Waals surface area contributed by atoms with Crippen LogP contribution in [-0.2, 0) is 4.79 Å². The molecule has 118 valence electrons. The minimum atomic E-state index is -0.359. The quantitative estimate of drug-likeness (QED) is 0.859. The van der Waals surface area contributed by atoms with Crippen LogP contribution in [0.25, 0.3) is 0 Å². The van der Waals surface area contributed by atoms with E-state index in [0.717, 1.165) is 30.6 Å². The molecule has 1 N–H and O–H groups in total. The van der Waals surface area contributed by atoms with Gasteiger partial charge in [0.15, 0.2) is 0 Å². The lowest BCUT2D eigenvalue weighted by atomic mass is 10.1. The standard InChI is InChI=1S/C16H19ClN2O2S/c1-22-11-6-7-13(17)12(9-11)16(21)19-8-2-3-14(19)15(20)18-10-4-5-10/h6-7,9-10,14H,2-5,8H2,1H3,(H,18,20). The molecular weight excluding hydrogens is 320 g/mol. The third-order valence-electron chi connectivity index (χ3n) is 4.14. The fourth-order valence-electron chi connectivity index (χ4n) is 2.76. The highest BCUT2D eigenvalue weighted by Crippen LogP contribution is 2.28. The lowest BCUT2D eigenvalue weighted by molar-refractivity contribution is -0.125. The van der Waals surface area contributed by atoms with Crippen molar-refractivity contribution in [2.45, 2.75) is 42.7 Å². The van der Waals surface area contributed by atoms with Crippen LogP contribution in [0.15, 0.2) is 23.1 Å². The predicted molar refractivity (Wildman–Crippen MR) is 88.5 cm³/mol. The monoisotopic (exact) mass is 338 g/mol. The summed E-state index contributed by atoms with van der Waals surface area (Å²) in [5.41, 5.74) is 0.486. The summed E-state index contributed by atoms with van der Waals surface area (Å²) in [5, 5.41) is 3.44. The molecule has 1 atom stereocenters. The molecule has 1 aliphatic heterocycles. The van der Waals surface area contributed by atoms with Gasteiger partial charge in [-0.2, -0.15) is 0 Å². The number of amides is 2. The summed E-state index contributed by atoms with van der Waals surface area (Å²) in [7, 11) is 0. The van der Waals surface area contributed by atoms with Gasteiger partial charge in [-0.3, -0.25) is 9.59 Å². The number of halogens is 1. The number of hydrogen-bond acceptors (Lipinski definition) is 3. The van der Waals surface area contributed by atoms with E-state index < -0.39 is 0 Å². The number of nitrogens with zero attached hydrogens (tertiary/aromatic N) is 1. The van der Waals surface area contributed by atoms with Crippen LogP contribution in [0.5, 0.6) is 0 Å². The third-order valence-corrected chi connectivity index (χ3v) is 5.20. The lowest BCUT2D eigenvalue weighted by Crippen LogP contribution is -2.46. The molecule has 1 aliphatic carbocycles. The van der Waals surface area contributed by atoms with Crippen LogP contribution in [-0.4, -0.2) is 41.6 Å². The highest BCUT2D eigenvalue weighted by molar-refractivity contribution is 7.98. The normalized spacial score (nSPS) is 21.0. The van der Waals surface area contributed by atoms with Gasteiger partial charge in [-0.25, -0.2) is 0 Å². The van der Waals surface area contributed by atoms with Gasteiger partial charge in [0.2, 0.25) is 5.91 Å². The minimum absolute atomic E-state index is 0.0227. The summed E-state index contributed by atoms with van der Waals surface area (Å²) in [4.78, 5) is 27.8. The number of likely N-dealkylation sites (tertiary alicyclic amines) is 1. The van der Waals surface area contributed by atoms with Crippen molar-refractivity contribution in [1.82, 2.24) is 10.2 Å². The van der Waals surface area contributed by atoms with E-state index in [1.807, 2.05) is 18.4 Å². The first-order valence-electron chi connectivity index (χ1n) is 7.55. The second-order valence-corrected chi connectivity index (χ2v) is 7.07. The summed E-state index contributed by atoms with van der Waals surface area (Å²) < 4.78 is 0. The first kappa shape index (κ1) is 15.7. The van der Waals surface area contributed by atoms with Crippen LogP contribution in [0, 0.1) is 0 Å². The number of nitrogens with one attached hydrogen (secondary N) is 1. The number of benzene rings is 1. The third kappa shape index (κ3) is 3.25.